The van der Waals surface area contributed by atoms with Crippen molar-refractivity contribution in [1.82, 2.24) is 10.2 Å². The van der Waals surface area contributed by atoms with E-state index in [1.54, 1.807) is 4.90 Å². The summed E-state index contributed by atoms with van der Waals surface area (Å²) in [6.45, 7) is 1.70. The van der Waals surface area contributed by atoms with Crippen LogP contribution >= 0.6 is 0 Å². The van der Waals surface area contributed by atoms with Crippen LogP contribution in [-0.4, -0.2) is 43.0 Å². The van der Waals surface area contributed by atoms with Crippen molar-refractivity contribution in [2.75, 3.05) is 26.2 Å². The van der Waals surface area contributed by atoms with Crippen LogP contribution in [0.2, 0.25) is 0 Å². The molecule has 0 aliphatic carbocycles. The van der Waals surface area contributed by atoms with Gasteiger partial charge in [0.2, 0.25) is 11.8 Å². The Morgan fingerprint density at radius 2 is 2.05 bits per heavy atom. The summed E-state index contributed by atoms with van der Waals surface area (Å²) in [5, 5.41) is 2.72. The van der Waals surface area contributed by atoms with Crippen molar-refractivity contribution >= 4 is 11.8 Å². The van der Waals surface area contributed by atoms with Crippen molar-refractivity contribution in [3.05, 3.63) is 30.1 Å². The molecule has 1 fully saturated rings. The Morgan fingerprint density at radius 1 is 1.30 bits per heavy atom. The fourth-order valence-electron chi connectivity index (χ4n) is 1.96. The minimum atomic E-state index is -0.324. The maximum atomic E-state index is 12.7. The predicted octanol–water partition coefficient (Wildman–Crippen LogP) is 0.943. The molecule has 1 aromatic rings. The Kier molecular flexibility index (Phi) is 4.92. The second-order valence-corrected chi connectivity index (χ2v) is 4.53. The summed E-state index contributed by atoms with van der Waals surface area (Å²) in [5.74, 6) is 0.147. The van der Waals surface area contributed by atoms with Gasteiger partial charge in [-0.25, -0.2) is 4.39 Å². The van der Waals surface area contributed by atoms with Crippen LogP contribution in [-0.2, 0) is 9.59 Å². The third kappa shape index (κ3) is 4.22. The zero-order chi connectivity index (χ0) is 14.4. The van der Waals surface area contributed by atoms with Crippen LogP contribution in [0, 0.1) is 5.82 Å². The zero-order valence-electron chi connectivity index (χ0n) is 11.1. The monoisotopic (exact) mass is 280 g/mol. The van der Waals surface area contributed by atoms with E-state index in [1.807, 2.05) is 0 Å². The molecule has 108 valence electrons. The number of ether oxygens (including phenoxy) is 1. The highest BCUT2D eigenvalue weighted by Gasteiger charge is 2.17. The van der Waals surface area contributed by atoms with Crippen molar-refractivity contribution in [3.8, 4) is 5.75 Å². The van der Waals surface area contributed by atoms with Gasteiger partial charge in [0.1, 0.15) is 11.6 Å². The van der Waals surface area contributed by atoms with Crippen LogP contribution in [0.3, 0.4) is 0 Å². The molecule has 0 saturated carbocycles. The van der Waals surface area contributed by atoms with Crippen LogP contribution in [0.1, 0.15) is 12.8 Å². The summed E-state index contributed by atoms with van der Waals surface area (Å²) in [6.07, 6.45) is 0.579. The van der Waals surface area contributed by atoms with E-state index in [0.29, 0.717) is 31.8 Å². The van der Waals surface area contributed by atoms with Crippen molar-refractivity contribution < 1.29 is 18.7 Å². The summed E-state index contributed by atoms with van der Waals surface area (Å²) in [4.78, 5) is 24.8. The molecule has 0 unspecified atom stereocenters. The zero-order valence-corrected chi connectivity index (χ0v) is 11.1. The minimum Gasteiger partial charge on any atom is -0.493 e. The summed E-state index contributed by atoms with van der Waals surface area (Å²) in [5.41, 5.74) is 0. The van der Waals surface area contributed by atoms with Crippen molar-refractivity contribution in [1.29, 1.82) is 0 Å². The van der Waals surface area contributed by atoms with Crippen molar-refractivity contribution in [2.24, 2.45) is 0 Å². The maximum absolute atomic E-state index is 12.7. The minimum absolute atomic E-state index is 0.0251. The van der Waals surface area contributed by atoms with Gasteiger partial charge < -0.3 is 15.0 Å². The smallest absolute Gasteiger partial charge is 0.226 e. The van der Waals surface area contributed by atoms with E-state index in [2.05, 4.69) is 5.32 Å². The lowest BCUT2D eigenvalue weighted by Crippen LogP contribution is -2.34. The average molecular weight is 280 g/mol. The first kappa shape index (κ1) is 14.3. The lowest BCUT2D eigenvalue weighted by atomic mass is 10.3. The number of carbonyl (C=O) groups is 2. The molecular weight excluding hydrogens is 263 g/mol. The molecule has 1 aliphatic heterocycles. The lowest BCUT2D eigenvalue weighted by Gasteiger charge is -2.19. The van der Waals surface area contributed by atoms with E-state index in [9.17, 15) is 14.0 Å². The molecule has 1 saturated heterocycles. The molecule has 1 N–H and O–H groups in total. The Morgan fingerprint density at radius 3 is 2.80 bits per heavy atom. The van der Waals surface area contributed by atoms with E-state index >= 15 is 0 Å². The standard InChI is InChI=1S/C14H17FN2O3/c15-11-1-3-12(4-2-11)20-10-6-14(19)17-8-5-13(18)16-7-9-17/h1-4H,5-10H2,(H,16,18). The first-order chi connectivity index (χ1) is 9.65. The van der Waals surface area contributed by atoms with Crippen LogP contribution in [0.5, 0.6) is 5.75 Å². The van der Waals surface area contributed by atoms with Gasteiger partial charge in [-0.3, -0.25) is 9.59 Å². The number of benzene rings is 1. The maximum Gasteiger partial charge on any atom is 0.226 e. The van der Waals surface area contributed by atoms with Crippen LogP contribution in [0.4, 0.5) is 4.39 Å². The quantitative estimate of drug-likeness (QED) is 0.893. The van der Waals surface area contributed by atoms with Crippen LogP contribution < -0.4 is 10.1 Å². The Labute approximate surface area is 116 Å². The number of hydrogen-bond acceptors (Lipinski definition) is 3. The second-order valence-electron chi connectivity index (χ2n) is 4.53. The molecule has 1 aliphatic rings. The Balaban J connectivity index is 1.74. The number of nitrogens with zero attached hydrogens (tertiary/aromatic N) is 1. The fourth-order valence-corrected chi connectivity index (χ4v) is 1.96. The molecular formula is C14H17FN2O3. The molecule has 0 aromatic heterocycles. The number of nitrogens with one attached hydrogen (secondary N) is 1. The normalized spacial score (nSPS) is 15.4. The molecule has 0 bridgehead atoms. The summed E-state index contributed by atoms with van der Waals surface area (Å²) >= 11 is 0. The van der Waals surface area contributed by atoms with Gasteiger partial charge in [0.05, 0.1) is 13.0 Å². The second kappa shape index (κ2) is 6.88. The molecule has 5 nitrogen and oxygen atoms in total. The molecule has 1 aromatic carbocycles. The number of amides is 2. The molecule has 0 spiro atoms. The van der Waals surface area contributed by atoms with Gasteiger partial charge in [0.15, 0.2) is 0 Å². The summed E-state index contributed by atoms with van der Waals surface area (Å²) < 4.78 is 18.1. The Bertz CT molecular complexity index is 476. The number of carbonyl (C=O) groups excluding carboxylic acids is 2. The SMILES string of the molecule is O=C1CCN(C(=O)CCOc2ccc(F)cc2)CCN1. The largest absolute Gasteiger partial charge is 0.493 e. The summed E-state index contributed by atoms with van der Waals surface area (Å²) in [7, 11) is 0. The van der Waals surface area contributed by atoms with E-state index in [-0.39, 0.29) is 30.7 Å². The molecule has 6 heteroatoms. The summed E-state index contributed by atoms with van der Waals surface area (Å²) in [6, 6.07) is 5.66. The van der Waals surface area contributed by atoms with Crippen LogP contribution in [0.15, 0.2) is 24.3 Å². The van der Waals surface area contributed by atoms with Gasteiger partial charge in [-0.15, -0.1) is 0 Å². The van der Waals surface area contributed by atoms with Gasteiger partial charge >= 0.3 is 0 Å². The first-order valence-electron chi connectivity index (χ1n) is 6.58. The Hall–Kier alpha value is -2.11. The average Bonchev–Trinajstić information content (AvgIpc) is 2.66. The predicted molar refractivity (Wildman–Crippen MR) is 70.7 cm³/mol. The van der Waals surface area contributed by atoms with Gasteiger partial charge in [0.25, 0.3) is 0 Å². The number of halogens is 1. The van der Waals surface area contributed by atoms with E-state index in [0.717, 1.165) is 0 Å². The number of rotatable bonds is 4. The number of hydrogen-bond donors (Lipinski definition) is 1. The van der Waals surface area contributed by atoms with Crippen molar-refractivity contribution in [2.45, 2.75) is 12.8 Å². The van der Waals surface area contributed by atoms with E-state index < -0.39 is 0 Å². The third-order valence-corrected chi connectivity index (χ3v) is 3.06. The van der Waals surface area contributed by atoms with Gasteiger partial charge in [0, 0.05) is 26.1 Å². The van der Waals surface area contributed by atoms with Gasteiger partial charge in [-0.05, 0) is 24.3 Å². The molecule has 0 radical (unpaired) electrons. The molecule has 1 heterocycles. The molecule has 20 heavy (non-hydrogen) atoms. The van der Waals surface area contributed by atoms with Crippen LogP contribution in [0.25, 0.3) is 0 Å². The lowest BCUT2D eigenvalue weighted by molar-refractivity contribution is -0.131. The van der Waals surface area contributed by atoms with E-state index in [4.69, 9.17) is 4.74 Å². The van der Waals surface area contributed by atoms with Gasteiger partial charge in [-0.1, -0.05) is 0 Å². The first-order valence-corrected chi connectivity index (χ1v) is 6.58. The highest BCUT2D eigenvalue weighted by atomic mass is 19.1. The topological polar surface area (TPSA) is 58.6 Å². The molecule has 2 amide bonds. The van der Waals surface area contributed by atoms with E-state index in [1.165, 1.54) is 24.3 Å². The highest BCUT2D eigenvalue weighted by molar-refractivity contribution is 5.80. The van der Waals surface area contributed by atoms with Gasteiger partial charge in [-0.2, -0.15) is 0 Å². The highest BCUT2D eigenvalue weighted by Crippen LogP contribution is 2.11. The van der Waals surface area contributed by atoms with Crippen molar-refractivity contribution in [3.63, 3.8) is 0 Å². The fraction of sp³-hybridized carbons (Fsp3) is 0.429. The molecule has 2 rings (SSSR count). The molecule has 0 atom stereocenters. The third-order valence-electron chi connectivity index (χ3n) is 3.06.